The Hall–Kier alpha value is -1.92. The predicted molar refractivity (Wildman–Crippen MR) is 72.8 cm³/mol. The van der Waals surface area contributed by atoms with Crippen molar-refractivity contribution in [2.24, 2.45) is 7.05 Å². The van der Waals surface area contributed by atoms with Crippen molar-refractivity contribution in [3.8, 4) is 0 Å². The molecule has 0 aliphatic heterocycles. The Morgan fingerprint density at radius 3 is 2.74 bits per heavy atom. The summed E-state index contributed by atoms with van der Waals surface area (Å²) in [6, 6.07) is 6.95. The Balaban J connectivity index is 1.74. The molecule has 0 spiro atoms. The molecule has 1 heterocycles. The van der Waals surface area contributed by atoms with Crippen molar-refractivity contribution in [2.45, 2.75) is 6.54 Å². The van der Waals surface area contributed by atoms with Crippen molar-refractivity contribution in [3.63, 3.8) is 0 Å². The van der Waals surface area contributed by atoms with Crippen LogP contribution < -0.4 is 10.6 Å². The number of amides is 1. The summed E-state index contributed by atoms with van der Waals surface area (Å²) in [6.45, 7) is 0.649. The number of hydrogen-bond acceptors (Lipinski definition) is 4. The molecule has 100 valence electrons. The van der Waals surface area contributed by atoms with Crippen LogP contribution >= 0.6 is 11.6 Å². The zero-order valence-electron chi connectivity index (χ0n) is 10.4. The zero-order valence-corrected chi connectivity index (χ0v) is 11.2. The molecule has 0 radical (unpaired) electrons. The molecule has 1 aromatic heterocycles. The van der Waals surface area contributed by atoms with Crippen molar-refractivity contribution in [1.82, 2.24) is 20.1 Å². The van der Waals surface area contributed by atoms with Gasteiger partial charge in [-0.05, 0) is 24.3 Å². The van der Waals surface area contributed by atoms with Crippen LogP contribution in [0.4, 0.5) is 5.69 Å². The predicted octanol–water partition coefficient (Wildman–Crippen LogP) is 1.20. The number of rotatable bonds is 5. The summed E-state index contributed by atoms with van der Waals surface area (Å²) < 4.78 is 1.62. The smallest absolute Gasteiger partial charge is 0.238 e. The van der Waals surface area contributed by atoms with Gasteiger partial charge in [-0.15, -0.1) is 0 Å². The Morgan fingerprint density at radius 2 is 2.11 bits per heavy atom. The summed E-state index contributed by atoms with van der Waals surface area (Å²) in [6.07, 6.45) is 1.62. The normalized spacial score (nSPS) is 10.4. The van der Waals surface area contributed by atoms with E-state index in [4.69, 9.17) is 11.6 Å². The lowest BCUT2D eigenvalue weighted by Gasteiger charge is -2.05. The molecule has 0 aliphatic rings. The van der Waals surface area contributed by atoms with Gasteiger partial charge in [0.2, 0.25) is 5.91 Å². The first-order chi connectivity index (χ1) is 9.13. The van der Waals surface area contributed by atoms with E-state index >= 15 is 0 Å². The number of nitrogens with one attached hydrogen (secondary N) is 2. The van der Waals surface area contributed by atoms with Gasteiger partial charge in [-0.3, -0.25) is 9.48 Å². The van der Waals surface area contributed by atoms with Crippen molar-refractivity contribution in [1.29, 1.82) is 0 Å². The quantitative estimate of drug-likeness (QED) is 0.863. The molecular formula is C12H14ClN5O. The van der Waals surface area contributed by atoms with Crippen LogP contribution in [0.1, 0.15) is 5.82 Å². The van der Waals surface area contributed by atoms with Crippen LogP contribution in [0.15, 0.2) is 30.6 Å². The van der Waals surface area contributed by atoms with E-state index in [2.05, 4.69) is 20.7 Å². The lowest BCUT2D eigenvalue weighted by Crippen LogP contribution is -2.28. The van der Waals surface area contributed by atoms with Gasteiger partial charge in [0.05, 0.1) is 13.1 Å². The van der Waals surface area contributed by atoms with Gasteiger partial charge in [0.1, 0.15) is 6.33 Å². The molecule has 0 fully saturated rings. The number of carbonyl (C=O) groups excluding carboxylic acids is 1. The van der Waals surface area contributed by atoms with E-state index in [0.29, 0.717) is 23.1 Å². The van der Waals surface area contributed by atoms with Crippen molar-refractivity contribution >= 4 is 23.2 Å². The minimum atomic E-state index is -0.127. The fraction of sp³-hybridized carbons (Fsp3) is 0.250. The fourth-order valence-corrected chi connectivity index (χ4v) is 1.62. The van der Waals surface area contributed by atoms with Crippen molar-refractivity contribution in [2.75, 3.05) is 11.9 Å². The van der Waals surface area contributed by atoms with Crippen molar-refractivity contribution < 1.29 is 4.79 Å². The Morgan fingerprint density at radius 1 is 1.37 bits per heavy atom. The number of aromatic nitrogens is 3. The lowest BCUT2D eigenvalue weighted by molar-refractivity contribution is -0.115. The number of benzene rings is 1. The maximum atomic E-state index is 11.6. The van der Waals surface area contributed by atoms with Crippen LogP contribution in [0.3, 0.4) is 0 Å². The summed E-state index contributed by atoms with van der Waals surface area (Å²) in [5.41, 5.74) is 0.715. The third-order valence-corrected chi connectivity index (χ3v) is 2.60. The minimum Gasteiger partial charge on any atom is -0.325 e. The van der Waals surface area contributed by atoms with Gasteiger partial charge >= 0.3 is 0 Å². The second kappa shape index (κ2) is 6.31. The van der Waals surface area contributed by atoms with E-state index < -0.39 is 0 Å². The number of nitrogens with zero attached hydrogens (tertiary/aromatic N) is 3. The highest BCUT2D eigenvalue weighted by atomic mass is 35.5. The Kier molecular flexibility index (Phi) is 4.48. The van der Waals surface area contributed by atoms with Gasteiger partial charge in [0.15, 0.2) is 5.82 Å². The van der Waals surface area contributed by atoms with Gasteiger partial charge < -0.3 is 10.6 Å². The average Bonchev–Trinajstić information content (AvgIpc) is 2.78. The van der Waals surface area contributed by atoms with Gasteiger partial charge in [-0.1, -0.05) is 11.6 Å². The Labute approximate surface area is 115 Å². The zero-order chi connectivity index (χ0) is 13.7. The molecule has 2 N–H and O–H groups in total. The maximum absolute atomic E-state index is 11.6. The topological polar surface area (TPSA) is 71.8 Å². The summed E-state index contributed by atoms with van der Waals surface area (Å²) in [5.74, 6) is 0.528. The molecule has 0 bridgehead atoms. The third kappa shape index (κ3) is 4.35. The molecule has 7 heteroatoms. The van der Waals surface area contributed by atoms with E-state index in [9.17, 15) is 4.79 Å². The summed E-state index contributed by atoms with van der Waals surface area (Å²) in [7, 11) is 1.80. The van der Waals surface area contributed by atoms with Crippen molar-refractivity contribution in [3.05, 3.63) is 41.4 Å². The number of halogens is 1. The number of anilines is 1. The number of aryl methyl sites for hydroxylation is 1. The fourth-order valence-electron chi connectivity index (χ4n) is 1.49. The molecule has 0 atom stereocenters. The molecule has 2 aromatic rings. The van der Waals surface area contributed by atoms with Gasteiger partial charge in [0, 0.05) is 17.8 Å². The monoisotopic (exact) mass is 279 g/mol. The van der Waals surface area contributed by atoms with Gasteiger partial charge in [-0.2, -0.15) is 5.10 Å². The van der Waals surface area contributed by atoms with E-state index in [1.807, 2.05) is 0 Å². The van der Waals surface area contributed by atoms with Crippen LogP contribution in [-0.2, 0) is 18.4 Å². The first-order valence-electron chi connectivity index (χ1n) is 5.74. The molecule has 0 saturated carbocycles. The molecule has 0 unspecified atom stereocenters. The molecule has 0 saturated heterocycles. The second-order valence-corrected chi connectivity index (χ2v) is 4.43. The van der Waals surface area contributed by atoms with Crippen LogP contribution in [0, 0.1) is 0 Å². The number of hydrogen-bond donors (Lipinski definition) is 2. The Bertz CT molecular complexity index is 552. The van der Waals surface area contributed by atoms with E-state index in [1.54, 1.807) is 42.3 Å². The highest BCUT2D eigenvalue weighted by Gasteiger charge is 2.03. The standard InChI is InChI=1S/C12H14ClN5O/c1-18-8-15-11(17-18)6-14-7-12(19)16-10-4-2-9(13)3-5-10/h2-5,8,14H,6-7H2,1H3,(H,16,19). The van der Waals surface area contributed by atoms with E-state index in [-0.39, 0.29) is 12.5 Å². The highest BCUT2D eigenvalue weighted by molar-refractivity contribution is 6.30. The van der Waals surface area contributed by atoms with Crippen LogP contribution in [0.25, 0.3) is 0 Å². The molecule has 6 nitrogen and oxygen atoms in total. The van der Waals surface area contributed by atoms with Crippen LogP contribution in [-0.4, -0.2) is 27.2 Å². The molecule has 0 aliphatic carbocycles. The highest BCUT2D eigenvalue weighted by Crippen LogP contribution is 2.12. The van der Waals surface area contributed by atoms with E-state index in [0.717, 1.165) is 0 Å². The minimum absolute atomic E-state index is 0.127. The van der Waals surface area contributed by atoms with Crippen LogP contribution in [0.2, 0.25) is 5.02 Å². The summed E-state index contributed by atoms with van der Waals surface area (Å²) >= 11 is 5.76. The third-order valence-electron chi connectivity index (χ3n) is 2.34. The first-order valence-corrected chi connectivity index (χ1v) is 6.12. The number of carbonyl (C=O) groups is 1. The van der Waals surface area contributed by atoms with Crippen LogP contribution in [0.5, 0.6) is 0 Å². The summed E-state index contributed by atoms with van der Waals surface area (Å²) in [4.78, 5) is 15.7. The SMILES string of the molecule is Cn1cnc(CNCC(=O)Nc2ccc(Cl)cc2)n1. The maximum Gasteiger partial charge on any atom is 0.238 e. The lowest BCUT2D eigenvalue weighted by atomic mass is 10.3. The average molecular weight is 280 g/mol. The molecule has 1 amide bonds. The first kappa shape index (κ1) is 13.5. The molecular weight excluding hydrogens is 266 g/mol. The largest absolute Gasteiger partial charge is 0.325 e. The second-order valence-electron chi connectivity index (χ2n) is 3.99. The molecule has 1 aromatic carbocycles. The van der Waals surface area contributed by atoms with Gasteiger partial charge in [-0.25, -0.2) is 4.98 Å². The molecule has 2 rings (SSSR count). The summed E-state index contributed by atoms with van der Waals surface area (Å²) in [5, 5.41) is 10.5. The van der Waals surface area contributed by atoms with Gasteiger partial charge in [0.25, 0.3) is 0 Å². The van der Waals surface area contributed by atoms with E-state index in [1.165, 1.54) is 0 Å². The molecule has 19 heavy (non-hydrogen) atoms.